The topological polar surface area (TPSA) is 29.3 Å². The Balaban J connectivity index is 0.00000392. The number of piperidine rings is 3. The van der Waals surface area contributed by atoms with Crippen molar-refractivity contribution in [1.82, 2.24) is 4.90 Å². The summed E-state index contributed by atoms with van der Waals surface area (Å²) < 4.78 is 0. The van der Waals surface area contributed by atoms with Gasteiger partial charge in [-0.05, 0) is 31.1 Å². The molecule has 2 bridgehead atoms. The molecule has 168 valence electrons. The Labute approximate surface area is 183 Å². The number of fused-ring (bicyclic) bond motifs is 3. The zero-order chi connectivity index (χ0) is 19.2. The van der Waals surface area contributed by atoms with Crippen molar-refractivity contribution in [2.45, 2.75) is 142 Å². The summed E-state index contributed by atoms with van der Waals surface area (Å²) in [4.78, 5) is 2.50. The van der Waals surface area contributed by atoms with Crippen molar-refractivity contribution in [2.24, 2.45) is 11.1 Å². The van der Waals surface area contributed by atoms with Crippen LogP contribution in [-0.4, -0.2) is 24.2 Å². The number of rotatable bonds is 17. The maximum atomic E-state index is 6.29. The molecule has 1 atom stereocenters. The van der Waals surface area contributed by atoms with Crippen LogP contribution in [0.3, 0.4) is 0 Å². The molecule has 3 heteroatoms. The molecule has 28 heavy (non-hydrogen) atoms. The van der Waals surface area contributed by atoms with Crippen molar-refractivity contribution in [2.75, 3.05) is 13.1 Å². The molecule has 0 amide bonds. The minimum atomic E-state index is 0. The quantitative estimate of drug-likeness (QED) is 0.245. The lowest BCUT2D eigenvalue weighted by molar-refractivity contribution is -0.0245. The third-order valence-electron chi connectivity index (χ3n) is 7.53. The fourth-order valence-electron chi connectivity index (χ4n) is 5.51. The van der Waals surface area contributed by atoms with Crippen LogP contribution in [0.1, 0.15) is 135 Å². The van der Waals surface area contributed by atoms with E-state index >= 15 is 0 Å². The summed E-state index contributed by atoms with van der Waals surface area (Å²) in [5, 5.41) is 0. The molecule has 2 N–H and O–H groups in total. The van der Waals surface area contributed by atoms with Crippen LogP contribution in [-0.2, 0) is 0 Å². The standard InChI is InChI=1S/C25H50N2.ClH/c1-2-3-4-5-6-7-8-9-10-11-12-13-14-15-16-17-18-25-19-21-27(22-20-25)24(26)23-25;/h24H,2-23,26H2,1H3;1H. The van der Waals surface area contributed by atoms with Crippen molar-refractivity contribution in [3.8, 4) is 0 Å². The van der Waals surface area contributed by atoms with Gasteiger partial charge in [0.1, 0.15) is 0 Å². The normalized spacial score (nSPS) is 26.4. The van der Waals surface area contributed by atoms with Gasteiger partial charge in [0.2, 0.25) is 0 Å². The fraction of sp³-hybridized carbons (Fsp3) is 1.00. The van der Waals surface area contributed by atoms with Gasteiger partial charge in [-0.3, -0.25) is 4.90 Å². The maximum absolute atomic E-state index is 6.29. The number of nitrogens with zero attached hydrogens (tertiary/aromatic N) is 1. The van der Waals surface area contributed by atoms with E-state index in [0.717, 1.165) is 0 Å². The zero-order valence-electron chi connectivity index (χ0n) is 19.1. The molecule has 3 aliphatic rings. The number of halogens is 1. The summed E-state index contributed by atoms with van der Waals surface area (Å²) in [6.45, 7) is 4.83. The summed E-state index contributed by atoms with van der Waals surface area (Å²) in [7, 11) is 0. The van der Waals surface area contributed by atoms with Crippen LogP contribution in [0.2, 0.25) is 0 Å². The Morgan fingerprint density at radius 3 is 1.46 bits per heavy atom. The van der Waals surface area contributed by atoms with Crippen molar-refractivity contribution >= 4 is 12.4 Å². The highest BCUT2D eigenvalue weighted by atomic mass is 35.5. The highest BCUT2D eigenvalue weighted by Crippen LogP contribution is 2.45. The summed E-state index contributed by atoms with van der Waals surface area (Å²) in [5.74, 6) is 0. The van der Waals surface area contributed by atoms with Gasteiger partial charge in [-0.15, -0.1) is 12.4 Å². The van der Waals surface area contributed by atoms with Crippen molar-refractivity contribution in [3.05, 3.63) is 0 Å². The number of nitrogens with two attached hydrogens (primary N) is 1. The molecule has 0 saturated carbocycles. The molecule has 3 aliphatic heterocycles. The second kappa shape index (κ2) is 16.0. The lowest BCUT2D eigenvalue weighted by Gasteiger charge is -2.52. The van der Waals surface area contributed by atoms with E-state index in [9.17, 15) is 0 Å². The molecule has 0 aromatic rings. The van der Waals surface area contributed by atoms with Gasteiger partial charge in [0, 0.05) is 13.1 Å². The van der Waals surface area contributed by atoms with E-state index < -0.39 is 0 Å². The largest absolute Gasteiger partial charge is 0.316 e. The second-order valence-electron chi connectivity index (χ2n) is 9.86. The van der Waals surface area contributed by atoms with Gasteiger partial charge in [0.25, 0.3) is 0 Å². The molecule has 0 aromatic carbocycles. The molecule has 3 heterocycles. The maximum Gasteiger partial charge on any atom is 0.0577 e. The minimum Gasteiger partial charge on any atom is -0.316 e. The van der Waals surface area contributed by atoms with Gasteiger partial charge in [-0.25, -0.2) is 0 Å². The van der Waals surface area contributed by atoms with Crippen molar-refractivity contribution < 1.29 is 0 Å². The molecule has 2 nitrogen and oxygen atoms in total. The molecule has 1 unspecified atom stereocenters. The molecule has 0 aliphatic carbocycles. The van der Waals surface area contributed by atoms with Gasteiger partial charge in [-0.1, -0.05) is 110 Å². The van der Waals surface area contributed by atoms with E-state index in [1.54, 1.807) is 0 Å². The van der Waals surface area contributed by atoms with Crippen LogP contribution in [0.15, 0.2) is 0 Å². The Hall–Kier alpha value is 0.210. The SMILES string of the molecule is CCCCCCCCCCCCCCCCCCC12CCN(CC1)C(N)C2.Cl. The third-order valence-corrected chi connectivity index (χ3v) is 7.53. The number of unbranched alkanes of at least 4 members (excludes halogenated alkanes) is 15. The zero-order valence-corrected chi connectivity index (χ0v) is 19.9. The average Bonchev–Trinajstić information content (AvgIpc) is 2.68. The highest BCUT2D eigenvalue weighted by molar-refractivity contribution is 5.85. The van der Waals surface area contributed by atoms with E-state index in [1.165, 1.54) is 142 Å². The molecule has 0 spiro atoms. The van der Waals surface area contributed by atoms with Gasteiger partial charge in [-0.2, -0.15) is 0 Å². The van der Waals surface area contributed by atoms with E-state index in [2.05, 4.69) is 11.8 Å². The summed E-state index contributed by atoms with van der Waals surface area (Å²) >= 11 is 0. The van der Waals surface area contributed by atoms with Crippen LogP contribution in [0, 0.1) is 5.41 Å². The summed E-state index contributed by atoms with van der Waals surface area (Å²) in [6, 6.07) is 0. The van der Waals surface area contributed by atoms with Gasteiger partial charge in [0.15, 0.2) is 0 Å². The van der Waals surface area contributed by atoms with Gasteiger partial charge in [0.05, 0.1) is 6.17 Å². The smallest absolute Gasteiger partial charge is 0.0577 e. The molecular weight excluding hydrogens is 364 g/mol. The van der Waals surface area contributed by atoms with Crippen molar-refractivity contribution in [1.29, 1.82) is 0 Å². The van der Waals surface area contributed by atoms with Gasteiger partial charge >= 0.3 is 0 Å². The first-order valence-corrected chi connectivity index (χ1v) is 12.8. The Bertz CT molecular complexity index is 352. The molecule has 3 saturated heterocycles. The minimum absolute atomic E-state index is 0. The molecular formula is C25H51ClN2. The van der Waals surface area contributed by atoms with Gasteiger partial charge < -0.3 is 5.73 Å². The molecule has 3 fully saturated rings. The number of hydrogen-bond acceptors (Lipinski definition) is 2. The molecule has 0 aromatic heterocycles. The van der Waals surface area contributed by atoms with Crippen molar-refractivity contribution in [3.63, 3.8) is 0 Å². The van der Waals surface area contributed by atoms with Crippen LogP contribution in [0.5, 0.6) is 0 Å². The monoisotopic (exact) mass is 414 g/mol. The Morgan fingerprint density at radius 1 is 0.679 bits per heavy atom. The summed E-state index contributed by atoms with van der Waals surface area (Å²) in [6.07, 6.45) is 29.3. The molecule has 3 rings (SSSR count). The van der Waals surface area contributed by atoms with E-state index in [1.807, 2.05) is 0 Å². The third kappa shape index (κ3) is 10.3. The van der Waals surface area contributed by atoms with Crippen LogP contribution in [0.4, 0.5) is 0 Å². The lowest BCUT2D eigenvalue weighted by Crippen LogP contribution is -2.57. The van der Waals surface area contributed by atoms with E-state index in [0.29, 0.717) is 11.6 Å². The average molecular weight is 415 g/mol. The summed E-state index contributed by atoms with van der Waals surface area (Å²) in [5.41, 5.74) is 6.92. The number of hydrogen-bond donors (Lipinski definition) is 1. The predicted molar refractivity (Wildman–Crippen MR) is 127 cm³/mol. The Kier molecular flexibility index (Phi) is 15.0. The highest BCUT2D eigenvalue weighted by Gasteiger charge is 2.42. The Morgan fingerprint density at radius 2 is 1.07 bits per heavy atom. The van der Waals surface area contributed by atoms with Crippen LogP contribution >= 0.6 is 12.4 Å². The first-order chi connectivity index (χ1) is 13.3. The second-order valence-corrected chi connectivity index (χ2v) is 9.86. The predicted octanol–water partition coefficient (Wildman–Crippen LogP) is 7.83. The fourth-order valence-corrected chi connectivity index (χ4v) is 5.51. The lowest BCUT2D eigenvalue weighted by atomic mass is 9.68. The van der Waals surface area contributed by atoms with Crippen LogP contribution < -0.4 is 5.73 Å². The van der Waals surface area contributed by atoms with E-state index in [4.69, 9.17) is 5.73 Å². The first-order valence-electron chi connectivity index (χ1n) is 12.8. The molecule has 0 radical (unpaired) electrons. The first kappa shape index (κ1) is 26.2. The van der Waals surface area contributed by atoms with Crippen LogP contribution in [0.25, 0.3) is 0 Å². The van der Waals surface area contributed by atoms with E-state index in [-0.39, 0.29) is 12.4 Å².